The average Bonchev–Trinajstić information content (AvgIpc) is 2.54. The number of nitrogens with one attached hydrogen (secondary N) is 1. The standard InChI is InChI=1S/C23H41NO2.H2/c1-4-6-8-10-11-13-15-20(14-12-9-7-5-2)21(26)24-23-16-22(17-23,18-23)19(3)25;/h20H,4-18H2,1-3H3,(H,24,26);1H. The second-order valence-corrected chi connectivity index (χ2v) is 9.24. The summed E-state index contributed by atoms with van der Waals surface area (Å²) in [6.07, 6.45) is 17.4. The number of carbonyl (C=O) groups excluding carboxylic acids is 2. The fourth-order valence-corrected chi connectivity index (χ4v) is 5.05. The molecule has 152 valence electrons. The van der Waals surface area contributed by atoms with Crippen LogP contribution in [0, 0.1) is 11.3 Å². The first-order valence-electron chi connectivity index (χ1n) is 11.3. The highest BCUT2D eigenvalue weighted by Gasteiger charge is 2.70. The summed E-state index contributed by atoms with van der Waals surface area (Å²) in [5.41, 5.74) is -0.0886. The number of Topliss-reactive ketones (excluding diaryl/α,β-unsaturated/α-hetero) is 1. The monoisotopic (exact) mass is 365 g/mol. The zero-order valence-corrected chi connectivity index (χ0v) is 17.5. The van der Waals surface area contributed by atoms with Gasteiger partial charge in [0.25, 0.3) is 0 Å². The maximum atomic E-state index is 12.9. The Morgan fingerprint density at radius 2 is 1.31 bits per heavy atom. The van der Waals surface area contributed by atoms with Gasteiger partial charge in [0.2, 0.25) is 5.91 Å². The van der Waals surface area contributed by atoms with Crippen LogP contribution < -0.4 is 5.32 Å². The lowest BCUT2D eigenvalue weighted by molar-refractivity contribution is -0.180. The van der Waals surface area contributed by atoms with Gasteiger partial charge in [-0.1, -0.05) is 78.1 Å². The Morgan fingerprint density at radius 1 is 0.846 bits per heavy atom. The molecule has 1 unspecified atom stereocenters. The molecule has 3 aliphatic carbocycles. The van der Waals surface area contributed by atoms with Gasteiger partial charge in [-0.05, 0) is 39.0 Å². The third kappa shape index (κ3) is 5.33. The molecule has 3 heteroatoms. The summed E-state index contributed by atoms with van der Waals surface area (Å²) in [5, 5.41) is 3.35. The third-order valence-electron chi connectivity index (χ3n) is 6.85. The van der Waals surface area contributed by atoms with E-state index in [2.05, 4.69) is 19.2 Å². The summed E-state index contributed by atoms with van der Waals surface area (Å²) < 4.78 is 0. The SMILES string of the molecule is CCCCCCCCC(CCCCCC)C(=O)NC12CC(C(C)=O)(C1)C2.[HH]. The molecule has 3 rings (SSSR count). The van der Waals surface area contributed by atoms with Crippen LogP contribution in [0.15, 0.2) is 0 Å². The van der Waals surface area contributed by atoms with E-state index in [0.29, 0.717) is 5.78 Å². The highest BCUT2D eigenvalue weighted by Crippen LogP contribution is 2.67. The Morgan fingerprint density at radius 3 is 1.81 bits per heavy atom. The largest absolute Gasteiger partial charge is 0.350 e. The van der Waals surface area contributed by atoms with Crippen LogP contribution in [0.5, 0.6) is 0 Å². The maximum Gasteiger partial charge on any atom is 0.223 e. The lowest BCUT2D eigenvalue weighted by Gasteiger charge is -2.69. The molecule has 3 fully saturated rings. The molecule has 3 nitrogen and oxygen atoms in total. The van der Waals surface area contributed by atoms with Gasteiger partial charge in [0.05, 0.1) is 0 Å². The van der Waals surface area contributed by atoms with E-state index < -0.39 is 0 Å². The number of rotatable bonds is 15. The summed E-state index contributed by atoms with van der Waals surface area (Å²) >= 11 is 0. The molecular weight excluding hydrogens is 322 g/mol. The molecule has 0 aromatic heterocycles. The van der Waals surface area contributed by atoms with Gasteiger partial charge >= 0.3 is 0 Å². The summed E-state index contributed by atoms with van der Waals surface area (Å²) in [6, 6.07) is 0. The molecular formula is C23H43NO2. The number of ketones is 1. The highest BCUT2D eigenvalue weighted by molar-refractivity contribution is 5.88. The van der Waals surface area contributed by atoms with Crippen LogP contribution in [0.1, 0.15) is 119 Å². The highest BCUT2D eigenvalue weighted by atomic mass is 16.2. The van der Waals surface area contributed by atoms with E-state index in [1.54, 1.807) is 6.92 Å². The molecule has 26 heavy (non-hydrogen) atoms. The Labute approximate surface area is 162 Å². The number of amides is 1. The third-order valence-corrected chi connectivity index (χ3v) is 6.85. The van der Waals surface area contributed by atoms with Crippen molar-refractivity contribution in [1.29, 1.82) is 0 Å². The quantitative estimate of drug-likeness (QED) is 0.351. The fourth-order valence-electron chi connectivity index (χ4n) is 5.05. The summed E-state index contributed by atoms with van der Waals surface area (Å²) in [7, 11) is 0. The number of carbonyl (C=O) groups is 2. The predicted octanol–water partition coefficient (Wildman–Crippen LogP) is 6.20. The van der Waals surface area contributed by atoms with Gasteiger partial charge in [0, 0.05) is 18.3 Å². The van der Waals surface area contributed by atoms with Gasteiger partial charge in [-0.15, -0.1) is 0 Å². The van der Waals surface area contributed by atoms with Crippen LogP contribution in [0.3, 0.4) is 0 Å². The molecule has 1 N–H and O–H groups in total. The molecule has 0 saturated heterocycles. The molecule has 2 bridgehead atoms. The smallest absolute Gasteiger partial charge is 0.223 e. The second-order valence-electron chi connectivity index (χ2n) is 9.24. The first-order valence-corrected chi connectivity index (χ1v) is 11.3. The van der Waals surface area contributed by atoms with Crippen LogP contribution >= 0.6 is 0 Å². The van der Waals surface area contributed by atoms with Gasteiger partial charge < -0.3 is 5.32 Å². The zero-order valence-electron chi connectivity index (χ0n) is 17.5. The van der Waals surface area contributed by atoms with Crippen LogP contribution in [0.4, 0.5) is 0 Å². The van der Waals surface area contributed by atoms with Crippen LogP contribution in [0.2, 0.25) is 0 Å². The van der Waals surface area contributed by atoms with Gasteiger partial charge in [-0.3, -0.25) is 9.59 Å². The van der Waals surface area contributed by atoms with Crippen molar-refractivity contribution < 1.29 is 11.0 Å². The van der Waals surface area contributed by atoms with E-state index in [-0.39, 0.29) is 24.2 Å². The predicted molar refractivity (Wildman–Crippen MR) is 110 cm³/mol. The topological polar surface area (TPSA) is 46.2 Å². The van der Waals surface area contributed by atoms with Crippen molar-refractivity contribution in [3.8, 4) is 0 Å². The molecule has 0 spiro atoms. The van der Waals surface area contributed by atoms with Crippen molar-refractivity contribution in [3.05, 3.63) is 0 Å². The lowest BCUT2D eigenvalue weighted by Crippen LogP contribution is -2.77. The number of hydrogen-bond donors (Lipinski definition) is 1. The number of unbranched alkanes of at least 4 members (excludes halogenated alkanes) is 8. The first-order chi connectivity index (χ1) is 12.5. The molecule has 3 aliphatic rings. The van der Waals surface area contributed by atoms with Crippen molar-refractivity contribution in [2.75, 3.05) is 0 Å². The Hall–Kier alpha value is -0.860. The summed E-state index contributed by atoms with van der Waals surface area (Å²) in [5.74, 6) is 0.768. The van der Waals surface area contributed by atoms with Gasteiger partial charge in [0.1, 0.15) is 5.78 Å². The van der Waals surface area contributed by atoms with Gasteiger partial charge in [0.15, 0.2) is 0 Å². The van der Waals surface area contributed by atoms with E-state index in [1.165, 1.54) is 64.2 Å². The van der Waals surface area contributed by atoms with E-state index in [0.717, 1.165) is 32.1 Å². The van der Waals surface area contributed by atoms with Crippen molar-refractivity contribution in [2.24, 2.45) is 11.3 Å². The van der Waals surface area contributed by atoms with Crippen LogP contribution in [0.25, 0.3) is 0 Å². The zero-order chi connectivity index (χ0) is 19.0. The number of hydrogen-bond acceptors (Lipinski definition) is 2. The maximum absolute atomic E-state index is 12.9. The van der Waals surface area contributed by atoms with Crippen LogP contribution in [-0.2, 0) is 9.59 Å². The van der Waals surface area contributed by atoms with Crippen molar-refractivity contribution in [1.82, 2.24) is 5.32 Å². The minimum absolute atomic E-state index is 0. The molecule has 0 heterocycles. The Bertz CT molecular complexity index is 457. The molecule has 0 aromatic rings. The normalized spacial score (nSPS) is 27.3. The van der Waals surface area contributed by atoms with E-state index in [1.807, 2.05) is 0 Å². The average molecular weight is 366 g/mol. The second kappa shape index (κ2) is 9.90. The van der Waals surface area contributed by atoms with Gasteiger partial charge in [-0.2, -0.15) is 0 Å². The molecule has 0 radical (unpaired) electrons. The lowest BCUT2D eigenvalue weighted by atomic mass is 9.38. The van der Waals surface area contributed by atoms with Crippen molar-refractivity contribution in [2.45, 2.75) is 123 Å². The van der Waals surface area contributed by atoms with Crippen molar-refractivity contribution in [3.63, 3.8) is 0 Å². The minimum atomic E-state index is -0.0663. The van der Waals surface area contributed by atoms with E-state index in [9.17, 15) is 9.59 Å². The van der Waals surface area contributed by atoms with E-state index in [4.69, 9.17) is 0 Å². The summed E-state index contributed by atoms with van der Waals surface area (Å²) in [6.45, 7) is 6.19. The van der Waals surface area contributed by atoms with Crippen LogP contribution in [-0.4, -0.2) is 17.2 Å². The molecule has 0 aromatic carbocycles. The molecule has 0 aliphatic heterocycles. The van der Waals surface area contributed by atoms with Crippen molar-refractivity contribution >= 4 is 11.7 Å². The Balaban J connectivity index is 0.00000364. The molecule has 1 atom stereocenters. The minimum Gasteiger partial charge on any atom is -0.350 e. The van der Waals surface area contributed by atoms with Gasteiger partial charge in [-0.25, -0.2) is 0 Å². The molecule has 1 amide bonds. The first kappa shape index (κ1) is 21.4. The Kier molecular flexibility index (Phi) is 8.16. The molecule has 3 saturated carbocycles. The summed E-state index contributed by atoms with van der Waals surface area (Å²) in [4.78, 5) is 24.6. The fraction of sp³-hybridized carbons (Fsp3) is 0.913. The van der Waals surface area contributed by atoms with E-state index >= 15 is 0 Å².